The van der Waals surface area contributed by atoms with Crippen molar-refractivity contribution in [2.24, 2.45) is 0 Å². The van der Waals surface area contributed by atoms with Crippen LogP contribution in [0, 0.1) is 5.82 Å². The van der Waals surface area contributed by atoms with Crippen LogP contribution in [0.4, 0.5) is 15.8 Å². The number of hydrogen-bond acceptors (Lipinski definition) is 9. The molecule has 2 aromatic rings. The third-order valence-corrected chi connectivity index (χ3v) is 6.63. The third-order valence-electron chi connectivity index (χ3n) is 5.81. The van der Waals surface area contributed by atoms with Gasteiger partial charge in [-0.25, -0.2) is 4.39 Å². The maximum Gasteiger partial charge on any atom is 0.324 e. The smallest absolute Gasteiger partial charge is 0.324 e. The normalized spacial score (nSPS) is 28.5. The molecule has 0 radical (unpaired) electrons. The molecule has 2 aliphatic heterocycles. The third kappa shape index (κ3) is 2.80. The molecule has 32 heavy (non-hydrogen) atoms. The predicted molar refractivity (Wildman–Crippen MR) is 111 cm³/mol. The summed E-state index contributed by atoms with van der Waals surface area (Å²) in [5.41, 5.74) is 0.488. The van der Waals surface area contributed by atoms with Gasteiger partial charge in [0.2, 0.25) is 5.72 Å². The van der Waals surface area contributed by atoms with Gasteiger partial charge < -0.3 is 29.8 Å². The standard InChI is InChI=1S/C20H23FN2O8S/c1-18(2)20(24,29-4)19(28-3,13-10-12(22)6-8-15(13)31-18)23-14-7-5-11(21)9-16(14)30-17(23)32(25,26)27/h5-10,17,24H,22H2,1-4H3,(H,25,26,27). The van der Waals surface area contributed by atoms with Crippen LogP contribution < -0.4 is 20.1 Å². The molecular weight excluding hydrogens is 447 g/mol. The number of hydrogen-bond donors (Lipinski definition) is 3. The van der Waals surface area contributed by atoms with Gasteiger partial charge in [0.1, 0.15) is 17.3 Å². The number of ether oxygens (including phenoxy) is 4. The van der Waals surface area contributed by atoms with E-state index >= 15 is 0 Å². The Balaban J connectivity index is 2.15. The number of nitrogens with two attached hydrogens (primary N) is 1. The van der Waals surface area contributed by atoms with E-state index in [1.807, 2.05) is 0 Å². The Bertz CT molecular complexity index is 1190. The molecule has 2 aromatic carbocycles. The molecule has 0 aliphatic carbocycles. The van der Waals surface area contributed by atoms with E-state index in [1.54, 1.807) is 6.07 Å². The number of anilines is 2. The lowest BCUT2D eigenvalue weighted by molar-refractivity contribution is -0.368. The summed E-state index contributed by atoms with van der Waals surface area (Å²) >= 11 is 0. The number of benzene rings is 2. The zero-order chi connectivity index (χ0) is 23.7. The number of rotatable bonds is 4. The van der Waals surface area contributed by atoms with Crippen molar-refractivity contribution in [3.8, 4) is 11.5 Å². The van der Waals surface area contributed by atoms with Crippen molar-refractivity contribution < 1.29 is 41.4 Å². The first-order chi connectivity index (χ1) is 14.8. The van der Waals surface area contributed by atoms with Crippen molar-refractivity contribution in [3.05, 3.63) is 47.8 Å². The predicted octanol–water partition coefficient (Wildman–Crippen LogP) is 1.78. The maximum atomic E-state index is 13.9. The van der Waals surface area contributed by atoms with Crippen molar-refractivity contribution >= 4 is 21.5 Å². The molecule has 0 bridgehead atoms. The van der Waals surface area contributed by atoms with Crippen molar-refractivity contribution in [1.82, 2.24) is 0 Å². The summed E-state index contributed by atoms with van der Waals surface area (Å²) in [5.74, 6) is -3.10. The first-order valence-corrected chi connectivity index (χ1v) is 11.0. The minimum atomic E-state index is -4.98. The van der Waals surface area contributed by atoms with E-state index in [0.29, 0.717) is 0 Å². The molecule has 0 saturated heterocycles. The Kier molecular flexibility index (Phi) is 4.88. The summed E-state index contributed by atoms with van der Waals surface area (Å²) in [6.45, 7) is 3.02. The van der Waals surface area contributed by atoms with Crippen LogP contribution in [-0.2, 0) is 25.3 Å². The average molecular weight is 470 g/mol. The Morgan fingerprint density at radius 1 is 1.12 bits per heavy atom. The van der Waals surface area contributed by atoms with Gasteiger partial charge in [-0.3, -0.25) is 9.45 Å². The van der Waals surface area contributed by atoms with E-state index in [9.17, 15) is 22.5 Å². The van der Waals surface area contributed by atoms with Gasteiger partial charge >= 0.3 is 15.7 Å². The SMILES string of the molecule is COC1(N2c3ccc(F)cc3OC2S(=O)(=O)O)c2cc(N)ccc2OC(C)(C)C1(O)OC. The number of methoxy groups -OCH3 is 2. The van der Waals surface area contributed by atoms with Crippen molar-refractivity contribution in [2.75, 3.05) is 24.9 Å². The van der Waals surface area contributed by atoms with Gasteiger partial charge in [-0.15, -0.1) is 0 Å². The van der Waals surface area contributed by atoms with Gasteiger partial charge in [-0.1, -0.05) is 0 Å². The maximum absolute atomic E-state index is 13.9. The molecule has 174 valence electrons. The fourth-order valence-electron chi connectivity index (χ4n) is 4.43. The number of nitrogen functional groups attached to an aromatic ring is 1. The Labute approximate surface area is 184 Å². The second-order valence-corrected chi connectivity index (χ2v) is 9.42. The zero-order valence-electron chi connectivity index (χ0n) is 17.7. The first-order valence-electron chi connectivity index (χ1n) is 9.46. The molecule has 4 rings (SSSR count). The highest BCUT2D eigenvalue weighted by Crippen LogP contribution is 2.58. The molecule has 4 N–H and O–H groups in total. The summed E-state index contributed by atoms with van der Waals surface area (Å²) < 4.78 is 71.5. The van der Waals surface area contributed by atoms with Crippen LogP contribution in [0.5, 0.6) is 11.5 Å². The van der Waals surface area contributed by atoms with Crippen LogP contribution in [0.1, 0.15) is 19.4 Å². The van der Waals surface area contributed by atoms with Gasteiger partial charge in [0, 0.05) is 26.0 Å². The van der Waals surface area contributed by atoms with E-state index in [0.717, 1.165) is 17.0 Å². The molecule has 2 heterocycles. The summed E-state index contributed by atoms with van der Waals surface area (Å²) in [4.78, 5) is 0.975. The van der Waals surface area contributed by atoms with E-state index in [-0.39, 0.29) is 28.4 Å². The lowest BCUT2D eigenvalue weighted by Gasteiger charge is -2.58. The fraction of sp³-hybridized carbons (Fsp3) is 0.400. The van der Waals surface area contributed by atoms with Crippen molar-refractivity contribution in [3.63, 3.8) is 0 Å². The van der Waals surface area contributed by atoms with Crippen LogP contribution in [0.3, 0.4) is 0 Å². The van der Waals surface area contributed by atoms with Crippen LogP contribution in [0.25, 0.3) is 0 Å². The van der Waals surface area contributed by atoms with Crippen LogP contribution in [-0.4, -0.2) is 49.2 Å². The first kappa shape index (κ1) is 22.6. The van der Waals surface area contributed by atoms with E-state index in [4.69, 9.17) is 24.7 Å². The number of aliphatic hydroxyl groups is 1. The second kappa shape index (κ2) is 6.93. The molecule has 0 saturated carbocycles. The van der Waals surface area contributed by atoms with Gasteiger partial charge in [0.05, 0.1) is 11.3 Å². The minimum Gasteiger partial charge on any atom is -0.482 e. The molecule has 0 amide bonds. The summed E-state index contributed by atoms with van der Waals surface area (Å²) in [6.07, 6.45) is 0. The summed E-state index contributed by atoms with van der Waals surface area (Å²) in [7, 11) is -2.58. The zero-order valence-corrected chi connectivity index (χ0v) is 18.5. The number of halogens is 1. The average Bonchev–Trinajstić information content (AvgIpc) is 3.09. The molecule has 0 aromatic heterocycles. The molecule has 10 nitrogen and oxygen atoms in total. The Morgan fingerprint density at radius 2 is 1.81 bits per heavy atom. The molecule has 0 spiro atoms. The second-order valence-electron chi connectivity index (χ2n) is 7.99. The Hall–Kier alpha value is -2.64. The van der Waals surface area contributed by atoms with Gasteiger partial charge in [-0.05, 0) is 44.2 Å². The summed E-state index contributed by atoms with van der Waals surface area (Å²) in [5, 5.41) is 11.9. The van der Waals surface area contributed by atoms with E-state index in [2.05, 4.69) is 0 Å². The van der Waals surface area contributed by atoms with Crippen molar-refractivity contribution in [1.29, 1.82) is 0 Å². The highest BCUT2D eigenvalue weighted by Gasteiger charge is 2.73. The van der Waals surface area contributed by atoms with E-state index in [1.165, 1.54) is 46.3 Å². The largest absolute Gasteiger partial charge is 0.482 e. The lowest BCUT2D eigenvalue weighted by Crippen LogP contribution is -2.77. The minimum absolute atomic E-state index is 0.0115. The van der Waals surface area contributed by atoms with Gasteiger partial charge in [0.15, 0.2) is 5.60 Å². The molecule has 12 heteroatoms. The highest BCUT2D eigenvalue weighted by molar-refractivity contribution is 7.86. The molecule has 0 fully saturated rings. The van der Waals surface area contributed by atoms with Gasteiger partial charge in [0.25, 0.3) is 5.79 Å². The highest BCUT2D eigenvalue weighted by atomic mass is 32.2. The Morgan fingerprint density at radius 3 is 2.41 bits per heavy atom. The van der Waals surface area contributed by atoms with Crippen LogP contribution >= 0.6 is 0 Å². The van der Waals surface area contributed by atoms with Crippen LogP contribution in [0.2, 0.25) is 0 Å². The fourth-order valence-corrected chi connectivity index (χ4v) is 5.18. The number of nitrogens with zero attached hydrogens (tertiary/aromatic N) is 1. The van der Waals surface area contributed by atoms with Crippen LogP contribution in [0.15, 0.2) is 36.4 Å². The van der Waals surface area contributed by atoms with E-state index < -0.39 is 38.6 Å². The monoisotopic (exact) mass is 470 g/mol. The molecule has 3 atom stereocenters. The lowest BCUT2D eigenvalue weighted by atomic mass is 9.78. The molecule has 3 unspecified atom stereocenters. The van der Waals surface area contributed by atoms with Gasteiger partial charge in [-0.2, -0.15) is 8.42 Å². The number of fused-ring (bicyclic) bond motifs is 2. The molecular formula is C20H23FN2O8S. The summed E-state index contributed by atoms with van der Waals surface area (Å²) in [6, 6.07) is 7.76. The van der Waals surface area contributed by atoms with Crippen molar-refractivity contribution in [2.45, 2.75) is 36.5 Å². The quantitative estimate of drug-likeness (QED) is 0.344. The topological polar surface area (TPSA) is 141 Å². The molecule has 2 aliphatic rings.